The Morgan fingerprint density at radius 2 is 1.63 bits per heavy atom. The zero-order valence-corrected chi connectivity index (χ0v) is 12.6. The number of nitrogens with zero attached hydrogens (tertiary/aromatic N) is 2. The highest BCUT2D eigenvalue weighted by atomic mass is 16.2. The number of carbonyl (C=O) groups excluding carboxylic acids is 2. The van der Waals surface area contributed by atoms with E-state index in [1.54, 1.807) is 6.92 Å². The molecule has 0 aliphatic carbocycles. The summed E-state index contributed by atoms with van der Waals surface area (Å²) in [7, 11) is 0. The smallest absolute Gasteiger partial charge is 0.245 e. The first-order chi connectivity index (χ1) is 8.82. The Balaban J connectivity index is 2.16. The normalized spacial score (nSPS) is 28.0. The molecule has 0 unspecified atom stereocenters. The van der Waals surface area contributed by atoms with E-state index < -0.39 is 0 Å². The lowest BCUT2D eigenvalue weighted by molar-refractivity contribution is -0.145. The number of likely N-dealkylation sites (tertiary alicyclic amines) is 2. The lowest BCUT2D eigenvalue weighted by atomic mass is 9.85. The van der Waals surface area contributed by atoms with Gasteiger partial charge >= 0.3 is 0 Å². The van der Waals surface area contributed by atoms with Gasteiger partial charge in [-0.2, -0.15) is 0 Å². The Labute approximate surface area is 116 Å². The average Bonchev–Trinajstić information content (AvgIpc) is 2.96. The minimum absolute atomic E-state index is 0.0334. The quantitative estimate of drug-likeness (QED) is 0.728. The monoisotopic (exact) mass is 266 g/mol. The maximum Gasteiger partial charge on any atom is 0.245 e. The van der Waals surface area contributed by atoms with Gasteiger partial charge in [-0.15, -0.1) is 0 Å². The fourth-order valence-corrected chi connectivity index (χ4v) is 3.49. The molecule has 4 nitrogen and oxygen atoms in total. The minimum Gasteiger partial charge on any atom is -0.341 e. The standard InChI is InChI=1S/C15H26N2O2/c1-11(18)17-12(7-8-13(17)15(2,3)4)14(19)16-9-5-6-10-16/h12-13H,5-10H2,1-4H3/t12-,13+/m0/s1. The molecule has 4 heteroatoms. The van der Waals surface area contributed by atoms with Crippen LogP contribution in [0.5, 0.6) is 0 Å². The highest BCUT2D eigenvalue weighted by Crippen LogP contribution is 2.37. The molecule has 108 valence electrons. The van der Waals surface area contributed by atoms with Gasteiger partial charge in [-0.1, -0.05) is 20.8 Å². The molecule has 2 saturated heterocycles. The van der Waals surface area contributed by atoms with Crippen LogP contribution in [-0.4, -0.2) is 46.8 Å². The van der Waals surface area contributed by atoms with Gasteiger partial charge in [-0.05, 0) is 31.1 Å². The lowest BCUT2D eigenvalue weighted by Crippen LogP contribution is -2.51. The van der Waals surface area contributed by atoms with Gasteiger partial charge in [0.1, 0.15) is 6.04 Å². The number of hydrogen-bond donors (Lipinski definition) is 0. The van der Waals surface area contributed by atoms with E-state index >= 15 is 0 Å². The molecule has 2 atom stereocenters. The molecule has 2 amide bonds. The van der Waals surface area contributed by atoms with Crippen molar-refractivity contribution < 1.29 is 9.59 Å². The van der Waals surface area contributed by atoms with Crippen molar-refractivity contribution in [1.29, 1.82) is 0 Å². The second kappa shape index (κ2) is 5.14. The molecule has 2 rings (SSSR count). The second-order valence-electron chi connectivity index (χ2n) is 6.93. The Kier molecular flexibility index (Phi) is 3.88. The molecular formula is C15H26N2O2. The van der Waals surface area contributed by atoms with Gasteiger partial charge < -0.3 is 9.80 Å². The van der Waals surface area contributed by atoms with Gasteiger partial charge in [0.25, 0.3) is 0 Å². The Morgan fingerprint density at radius 1 is 1.05 bits per heavy atom. The SMILES string of the molecule is CC(=O)N1[C@H](C(=O)N2CCCC2)CC[C@@H]1C(C)(C)C. The van der Waals surface area contributed by atoms with E-state index in [0.29, 0.717) is 0 Å². The lowest BCUT2D eigenvalue weighted by Gasteiger charge is -2.37. The molecule has 2 aliphatic heterocycles. The maximum atomic E-state index is 12.6. The molecule has 0 aromatic heterocycles. The van der Waals surface area contributed by atoms with Crippen molar-refractivity contribution in [3.05, 3.63) is 0 Å². The number of carbonyl (C=O) groups is 2. The topological polar surface area (TPSA) is 40.6 Å². The summed E-state index contributed by atoms with van der Waals surface area (Å²) in [5.74, 6) is 0.203. The van der Waals surface area contributed by atoms with E-state index in [-0.39, 0.29) is 29.3 Å². The Hall–Kier alpha value is -1.06. The fourth-order valence-electron chi connectivity index (χ4n) is 3.49. The highest BCUT2D eigenvalue weighted by Gasteiger charge is 2.45. The molecule has 0 aromatic rings. The van der Waals surface area contributed by atoms with Crippen molar-refractivity contribution in [2.45, 2.75) is 65.5 Å². The number of amides is 2. The number of hydrogen-bond acceptors (Lipinski definition) is 2. The fraction of sp³-hybridized carbons (Fsp3) is 0.867. The van der Waals surface area contributed by atoms with Crippen LogP contribution in [0.1, 0.15) is 53.4 Å². The van der Waals surface area contributed by atoms with Gasteiger partial charge in [-0.3, -0.25) is 9.59 Å². The Bertz CT molecular complexity index is 367. The molecule has 2 aliphatic rings. The molecule has 0 radical (unpaired) electrons. The molecule has 0 N–H and O–H groups in total. The van der Waals surface area contributed by atoms with Crippen LogP contribution in [0.15, 0.2) is 0 Å². The van der Waals surface area contributed by atoms with Crippen molar-refractivity contribution in [3.8, 4) is 0 Å². The molecule has 2 heterocycles. The summed E-state index contributed by atoms with van der Waals surface area (Å²) in [4.78, 5) is 28.3. The summed E-state index contributed by atoms with van der Waals surface area (Å²) in [5, 5.41) is 0. The zero-order valence-electron chi connectivity index (χ0n) is 12.6. The summed E-state index contributed by atoms with van der Waals surface area (Å²) in [6, 6.07) is -0.0404. The summed E-state index contributed by atoms with van der Waals surface area (Å²) >= 11 is 0. The van der Waals surface area contributed by atoms with E-state index in [1.807, 2.05) is 9.80 Å². The first-order valence-corrected chi connectivity index (χ1v) is 7.40. The number of rotatable bonds is 1. The van der Waals surface area contributed by atoms with Crippen LogP contribution in [0.25, 0.3) is 0 Å². The van der Waals surface area contributed by atoms with E-state index in [1.165, 1.54) is 0 Å². The van der Waals surface area contributed by atoms with Crippen molar-refractivity contribution in [1.82, 2.24) is 9.80 Å². The highest BCUT2D eigenvalue weighted by molar-refractivity contribution is 5.88. The predicted molar refractivity (Wildman–Crippen MR) is 74.6 cm³/mol. The summed E-state index contributed by atoms with van der Waals surface area (Å²) in [6.45, 7) is 9.76. The van der Waals surface area contributed by atoms with Gasteiger partial charge in [0.15, 0.2) is 0 Å². The van der Waals surface area contributed by atoms with Crippen LogP contribution < -0.4 is 0 Å². The molecule has 19 heavy (non-hydrogen) atoms. The first-order valence-electron chi connectivity index (χ1n) is 7.40. The van der Waals surface area contributed by atoms with Crippen molar-refractivity contribution in [2.75, 3.05) is 13.1 Å². The van der Waals surface area contributed by atoms with Crippen LogP contribution in [-0.2, 0) is 9.59 Å². The van der Waals surface area contributed by atoms with Gasteiger partial charge in [0, 0.05) is 26.1 Å². The summed E-state index contributed by atoms with van der Waals surface area (Å²) in [5.41, 5.74) is 0.0334. The third-order valence-electron chi connectivity index (χ3n) is 4.45. The first kappa shape index (κ1) is 14.4. The summed E-state index contributed by atoms with van der Waals surface area (Å²) in [6.07, 6.45) is 3.95. The van der Waals surface area contributed by atoms with Crippen molar-refractivity contribution in [3.63, 3.8) is 0 Å². The third kappa shape index (κ3) is 2.77. The average molecular weight is 266 g/mol. The van der Waals surface area contributed by atoms with E-state index in [2.05, 4.69) is 20.8 Å². The van der Waals surface area contributed by atoms with E-state index in [0.717, 1.165) is 38.8 Å². The molecule has 0 aromatic carbocycles. The predicted octanol–water partition coefficient (Wildman–Crippen LogP) is 2.03. The van der Waals surface area contributed by atoms with Gasteiger partial charge in [0.05, 0.1) is 0 Å². The van der Waals surface area contributed by atoms with Crippen LogP contribution in [0.2, 0.25) is 0 Å². The zero-order chi connectivity index (χ0) is 14.2. The molecular weight excluding hydrogens is 240 g/mol. The van der Waals surface area contributed by atoms with E-state index in [9.17, 15) is 9.59 Å². The minimum atomic E-state index is -0.222. The van der Waals surface area contributed by atoms with Gasteiger partial charge in [-0.25, -0.2) is 0 Å². The third-order valence-corrected chi connectivity index (χ3v) is 4.45. The van der Waals surface area contributed by atoms with Crippen LogP contribution >= 0.6 is 0 Å². The largest absolute Gasteiger partial charge is 0.341 e. The maximum absolute atomic E-state index is 12.6. The van der Waals surface area contributed by atoms with E-state index in [4.69, 9.17) is 0 Å². The van der Waals surface area contributed by atoms with Crippen LogP contribution in [0.4, 0.5) is 0 Å². The molecule has 2 fully saturated rings. The van der Waals surface area contributed by atoms with Crippen LogP contribution in [0, 0.1) is 5.41 Å². The van der Waals surface area contributed by atoms with Crippen LogP contribution in [0.3, 0.4) is 0 Å². The molecule has 0 bridgehead atoms. The van der Waals surface area contributed by atoms with Crippen molar-refractivity contribution in [2.24, 2.45) is 5.41 Å². The Morgan fingerprint density at radius 3 is 2.11 bits per heavy atom. The summed E-state index contributed by atoms with van der Waals surface area (Å²) < 4.78 is 0. The van der Waals surface area contributed by atoms with Gasteiger partial charge in [0.2, 0.25) is 11.8 Å². The van der Waals surface area contributed by atoms with Crippen molar-refractivity contribution >= 4 is 11.8 Å². The second-order valence-corrected chi connectivity index (χ2v) is 6.93. The molecule has 0 spiro atoms. The molecule has 0 saturated carbocycles.